The third-order valence-electron chi connectivity index (χ3n) is 17.8. The van der Waals surface area contributed by atoms with Crippen LogP contribution in [-0.4, -0.2) is 101 Å². The Balaban J connectivity index is 0.000000132. The Morgan fingerprint density at radius 2 is 1.04 bits per heavy atom. The molecular formula is C75H70BBr4F7N16O7. The molecule has 17 rings (SSSR count). The monoisotopic (exact) mass is 1770 g/mol. The molecule has 0 bridgehead atoms. The second-order valence-electron chi connectivity index (χ2n) is 27.2. The SMILES string of the molecule is CC1(C)OB(c2ccn[nH]2)OC1(C)C.Cc1cncc(C=O)c1.FC(F)(F)c1cncc(-c2nc3ccc(-c4ccn[nH]4)cc3n2C2CC2)c1.FC(F)(F)c1cncc(-c2nc3ccc(Br)cc3n2C2CC2)c1.Nc1ccc(Br)cc1NC1CC1.O=[N+]([O-])c1ccc(Br)cc1F.O=[N+]([O-])c1ccc(Br)cc1NC1CC1. The Labute approximate surface area is 659 Å². The zero-order valence-electron chi connectivity index (χ0n) is 59.3. The quantitative estimate of drug-likeness (QED) is 0.0179. The highest BCUT2D eigenvalue weighted by molar-refractivity contribution is 9.11. The predicted octanol–water partition coefficient (Wildman–Crippen LogP) is 20.0. The molecule has 4 aliphatic carbocycles. The van der Waals surface area contributed by atoms with Gasteiger partial charge in [-0.2, -0.15) is 40.9 Å². The van der Waals surface area contributed by atoms with E-state index in [0.717, 1.165) is 151 Å². The number of nitrogen functional groups attached to an aromatic ring is 1. The van der Waals surface area contributed by atoms with Crippen LogP contribution in [0.5, 0.6) is 0 Å². The van der Waals surface area contributed by atoms with Gasteiger partial charge in [-0.15, -0.1) is 0 Å². The summed E-state index contributed by atoms with van der Waals surface area (Å²) in [5.41, 5.74) is 14.2. The number of pyridine rings is 3. The van der Waals surface area contributed by atoms with E-state index in [2.05, 4.69) is 120 Å². The fourth-order valence-electron chi connectivity index (χ4n) is 11.0. The van der Waals surface area contributed by atoms with Gasteiger partial charge in [-0.1, -0.05) is 69.8 Å². The predicted molar refractivity (Wildman–Crippen MR) is 420 cm³/mol. The normalized spacial score (nSPS) is 15.3. The first-order valence-corrected chi connectivity index (χ1v) is 37.5. The van der Waals surface area contributed by atoms with Crippen molar-refractivity contribution in [3.63, 3.8) is 0 Å². The number of nitro groups is 2. The summed E-state index contributed by atoms with van der Waals surface area (Å²) in [6.07, 6.45) is 11.8. The third kappa shape index (κ3) is 21.4. The summed E-state index contributed by atoms with van der Waals surface area (Å²) in [4.78, 5) is 50.3. The van der Waals surface area contributed by atoms with E-state index in [1.54, 1.807) is 43.0 Å². The fraction of sp³-hybridized carbons (Fsp3) is 0.280. The molecule has 6 N–H and O–H groups in total. The van der Waals surface area contributed by atoms with Crippen LogP contribution in [0.25, 0.3) is 56.1 Å². The Morgan fingerprint density at radius 3 is 1.51 bits per heavy atom. The van der Waals surface area contributed by atoms with Crippen LogP contribution in [0, 0.1) is 33.0 Å². The molecule has 23 nitrogen and oxygen atoms in total. The molecule has 1 aliphatic heterocycles. The molecule has 5 fully saturated rings. The molecule has 572 valence electrons. The number of aryl methyl sites for hydroxylation is 1. The van der Waals surface area contributed by atoms with E-state index in [-0.39, 0.29) is 35.0 Å². The number of fused-ring (bicyclic) bond motifs is 2. The van der Waals surface area contributed by atoms with Gasteiger partial charge in [-0.25, -0.2) is 9.97 Å². The van der Waals surface area contributed by atoms with E-state index in [9.17, 15) is 55.8 Å². The molecule has 35 heteroatoms. The fourth-order valence-corrected chi connectivity index (χ4v) is 12.4. The number of H-pyrrole nitrogens is 2. The van der Waals surface area contributed by atoms with Crippen LogP contribution in [0.3, 0.4) is 0 Å². The van der Waals surface area contributed by atoms with Crippen molar-refractivity contribution in [1.29, 1.82) is 0 Å². The highest BCUT2D eigenvalue weighted by atomic mass is 79.9. The maximum atomic E-state index is 13.1. The van der Waals surface area contributed by atoms with Crippen molar-refractivity contribution in [2.24, 2.45) is 0 Å². The van der Waals surface area contributed by atoms with Crippen molar-refractivity contribution in [1.82, 2.24) is 54.4 Å². The summed E-state index contributed by atoms with van der Waals surface area (Å²) in [5.74, 6) is 0.233. The first kappa shape index (κ1) is 81.2. The van der Waals surface area contributed by atoms with Gasteiger partial charge in [0.2, 0.25) is 5.82 Å². The summed E-state index contributed by atoms with van der Waals surface area (Å²) in [5, 5.41) is 40.9. The number of aromatic nitrogens is 11. The number of imidazole rings is 2. The number of benzene rings is 5. The van der Waals surface area contributed by atoms with Crippen molar-refractivity contribution in [3.8, 4) is 34.0 Å². The molecule has 5 aliphatic rings. The highest BCUT2D eigenvalue weighted by Gasteiger charge is 2.52. The first-order chi connectivity index (χ1) is 52.2. The Morgan fingerprint density at radius 1 is 0.564 bits per heavy atom. The number of nitrogens with one attached hydrogen (secondary N) is 4. The number of nitro benzene ring substituents is 2. The summed E-state index contributed by atoms with van der Waals surface area (Å²) in [6.45, 7) is 10.0. The van der Waals surface area contributed by atoms with Crippen molar-refractivity contribution in [3.05, 3.63) is 237 Å². The maximum absolute atomic E-state index is 13.1. The lowest BCUT2D eigenvalue weighted by molar-refractivity contribution is -0.387. The first-order valence-electron chi connectivity index (χ1n) is 34.3. The molecule has 0 unspecified atom stereocenters. The molecule has 0 spiro atoms. The van der Waals surface area contributed by atoms with Crippen LogP contribution >= 0.6 is 63.7 Å². The minimum atomic E-state index is -4.44. The second kappa shape index (κ2) is 34.6. The van der Waals surface area contributed by atoms with Gasteiger partial charge in [0.05, 0.1) is 76.9 Å². The number of rotatable bonds is 13. The van der Waals surface area contributed by atoms with Gasteiger partial charge in [0.1, 0.15) is 17.3 Å². The minimum absolute atomic E-state index is 0.139. The van der Waals surface area contributed by atoms with E-state index in [4.69, 9.17) is 15.0 Å². The second-order valence-corrected chi connectivity index (χ2v) is 30.8. The number of hydrogen-bond donors (Lipinski definition) is 5. The number of alkyl halides is 6. The van der Waals surface area contributed by atoms with Crippen molar-refractivity contribution >= 4 is 133 Å². The number of carbonyl (C=O) groups excluding carboxylic acids is 1. The lowest BCUT2D eigenvalue weighted by atomic mass is 9.85. The van der Waals surface area contributed by atoms with Crippen LogP contribution < -0.4 is 22.0 Å². The van der Waals surface area contributed by atoms with E-state index in [1.165, 1.54) is 37.4 Å². The smallest absolute Gasteiger partial charge is 0.398 e. The number of aromatic amines is 2. The van der Waals surface area contributed by atoms with Crippen molar-refractivity contribution in [2.45, 2.75) is 134 Å². The molecule has 7 aromatic heterocycles. The van der Waals surface area contributed by atoms with E-state index in [1.807, 2.05) is 110 Å². The average Bonchev–Trinajstić information content (AvgIpc) is 1.61. The molecule has 0 amide bonds. The Bertz CT molecular complexity index is 5240. The van der Waals surface area contributed by atoms with Crippen molar-refractivity contribution in [2.75, 3.05) is 16.4 Å². The number of halogens is 11. The summed E-state index contributed by atoms with van der Waals surface area (Å²) in [6, 6.07) is 35.3. The van der Waals surface area contributed by atoms with Crippen LogP contribution in [-0.2, 0) is 21.7 Å². The van der Waals surface area contributed by atoms with Gasteiger partial charge in [-0.3, -0.25) is 50.2 Å². The average molecular weight is 1770 g/mol. The molecule has 4 saturated carbocycles. The van der Waals surface area contributed by atoms with Crippen LogP contribution in [0.1, 0.15) is 118 Å². The van der Waals surface area contributed by atoms with Gasteiger partial charge < -0.3 is 34.8 Å². The number of nitrogens with zero attached hydrogens (tertiary/aromatic N) is 11. The van der Waals surface area contributed by atoms with E-state index in [0.29, 0.717) is 56.6 Å². The molecule has 1 saturated heterocycles. The number of carbonyl (C=O) groups is 1. The highest BCUT2D eigenvalue weighted by Crippen LogP contribution is 2.45. The number of hydrogen-bond acceptors (Lipinski definition) is 17. The lowest BCUT2D eigenvalue weighted by Gasteiger charge is -2.32. The van der Waals surface area contributed by atoms with Gasteiger partial charge in [0, 0.05) is 126 Å². The topological polar surface area (TPSA) is 304 Å². The number of nitrogens with two attached hydrogens (primary N) is 1. The van der Waals surface area contributed by atoms with Gasteiger partial charge in [0.15, 0.2) is 6.29 Å². The maximum Gasteiger partial charge on any atom is 0.513 e. The van der Waals surface area contributed by atoms with Gasteiger partial charge in [0.25, 0.3) is 5.69 Å². The van der Waals surface area contributed by atoms with E-state index < -0.39 is 39.9 Å². The van der Waals surface area contributed by atoms with Gasteiger partial charge in [-0.05, 0) is 195 Å². The zero-order chi connectivity index (χ0) is 79.0. The third-order valence-corrected chi connectivity index (χ3v) is 19.8. The Kier molecular flexibility index (Phi) is 25.6. The van der Waals surface area contributed by atoms with Crippen LogP contribution in [0.4, 0.5) is 59.2 Å². The van der Waals surface area contributed by atoms with Crippen LogP contribution in [0.2, 0.25) is 0 Å². The standard InChI is InChI=1S/C19H14F3N5.C16H11BrF3N3.C9H15BN2O2.C9H9BrN2O2.C9H11BrN2.C7H7NO.C6H3BrFNO2/c20-19(21,22)13-7-12(9-23-10-13)18-25-16-4-1-11(15-5-6-24-26-15)8-17(16)27(18)14-2-3-14;17-11-1-4-13-14(6-11)23(12-2-3-12)15(22-13)9-5-10(8-21-7-9)16(18,19)20;1-8(2)9(3,4)14-10(13-8)7-5-6-11-12-7;10-6-1-4-9(12(13)14)8(5-6)11-7-2-3-7;10-6-1-4-8(11)9(5-6)12-7-2-3-7;1-6-2-7(5-9)4-8-3-6;7-4-1-2-6(9(10)11)5(8)3-4/h1,4-10,14H,2-3H2,(H,24,26);1,4-8,12H,2-3H2;5-6H,1-4H3,(H,11,12);1,4-5,7,11H,2-3H2;1,4-5,7,12H,2-3,11H2;2-5H,1H3;1-3H. The van der Waals surface area contributed by atoms with Crippen LogP contribution in [0.15, 0.2) is 189 Å². The number of aldehydes is 1. The molecule has 12 aromatic rings. The molecule has 0 atom stereocenters. The molecular weight excluding hydrogens is 1700 g/mol. The summed E-state index contributed by atoms with van der Waals surface area (Å²) >= 11 is 13.1. The van der Waals surface area contributed by atoms with Crippen molar-refractivity contribution < 1.29 is 54.7 Å². The summed E-state index contributed by atoms with van der Waals surface area (Å²) in [7, 11) is -0.331. The molecule has 110 heavy (non-hydrogen) atoms. The molecule has 8 heterocycles. The largest absolute Gasteiger partial charge is 0.513 e. The van der Waals surface area contributed by atoms with Gasteiger partial charge >= 0.3 is 25.2 Å². The zero-order valence-corrected chi connectivity index (χ0v) is 65.6. The molecule has 5 aromatic carbocycles. The molecule has 0 radical (unpaired) electrons. The lowest BCUT2D eigenvalue weighted by Crippen LogP contribution is -2.41. The number of anilines is 3. The summed E-state index contributed by atoms with van der Waals surface area (Å²) < 4.78 is 110. The van der Waals surface area contributed by atoms with E-state index >= 15 is 0 Å². The minimum Gasteiger partial charge on any atom is -0.398 e. The Hall–Kier alpha value is -9.81.